The van der Waals surface area contributed by atoms with Gasteiger partial charge in [-0.25, -0.2) is 0 Å². The Labute approximate surface area is 447 Å². The van der Waals surface area contributed by atoms with E-state index >= 15 is 0 Å². The third-order valence-corrected chi connectivity index (χ3v) is 15.4. The molecule has 76 heavy (non-hydrogen) atoms. The molecule has 4 heteroatoms. The van der Waals surface area contributed by atoms with Crippen LogP contribution in [-0.4, -0.2) is 14.5 Å². The highest BCUT2D eigenvalue weighted by Gasteiger charge is 2.25. The summed E-state index contributed by atoms with van der Waals surface area (Å²) >= 11 is 0. The third-order valence-electron chi connectivity index (χ3n) is 15.4. The quantitative estimate of drug-likeness (QED) is 0.137. The van der Waals surface area contributed by atoms with E-state index in [9.17, 15) is 0 Å². The molecule has 12 aromatic rings. The molecule has 0 bridgehead atoms. The summed E-state index contributed by atoms with van der Waals surface area (Å²) in [5, 5.41) is 2.48. The molecule has 0 atom stereocenters. The zero-order valence-electron chi connectivity index (χ0n) is 44.6. The highest BCUT2D eigenvalue weighted by molar-refractivity contribution is 6.09. The van der Waals surface area contributed by atoms with Gasteiger partial charge in [-0.3, -0.25) is 9.97 Å². The Bertz CT molecular complexity index is 3900. The minimum Gasteiger partial charge on any atom is -0.310 e. The van der Waals surface area contributed by atoms with Crippen LogP contribution in [0, 0.1) is 55.4 Å². The van der Waals surface area contributed by atoms with Gasteiger partial charge >= 0.3 is 0 Å². The summed E-state index contributed by atoms with van der Waals surface area (Å²) in [5.74, 6) is 0. The maximum Gasteiger partial charge on any atom is 0.0709 e. The molecule has 0 aliphatic rings. The van der Waals surface area contributed by atoms with E-state index in [1.165, 1.54) is 77.4 Å². The van der Waals surface area contributed by atoms with Crippen LogP contribution in [0.3, 0.4) is 0 Å². The monoisotopic (exact) mass is 980 g/mol. The van der Waals surface area contributed by atoms with Gasteiger partial charge < -0.3 is 9.47 Å². The Hall–Kier alpha value is -9.12. The van der Waals surface area contributed by atoms with Crippen LogP contribution >= 0.6 is 0 Å². The number of benzene rings is 9. The smallest absolute Gasteiger partial charge is 0.0709 e. The van der Waals surface area contributed by atoms with Gasteiger partial charge in [0.25, 0.3) is 0 Å². The molecule has 0 N–H and O–H groups in total. The van der Waals surface area contributed by atoms with Crippen LogP contribution in [0.15, 0.2) is 219 Å². The Morgan fingerprint density at radius 3 is 1.12 bits per heavy atom. The fourth-order valence-electron chi connectivity index (χ4n) is 11.8. The zero-order valence-corrected chi connectivity index (χ0v) is 44.6. The molecule has 0 aliphatic heterocycles. The van der Waals surface area contributed by atoms with Gasteiger partial charge in [0.1, 0.15) is 0 Å². The molecule has 368 valence electrons. The molecule has 0 fully saturated rings. The molecule has 0 saturated heterocycles. The van der Waals surface area contributed by atoms with Gasteiger partial charge in [0.05, 0.1) is 28.1 Å². The first-order chi connectivity index (χ1) is 37.0. The minimum absolute atomic E-state index is 0.913. The maximum absolute atomic E-state index is 5.22. The first-order valence-corrected chi connectivity index (χ1v) is 26.4. The van der Waals surface area contributed by atoms with Gasteiger partial charge in [-0.15, -0.1) is 0 Å². The number of fused-ring (bicyclic) bond motifs is 3. The third kappa shape index (κ3) is 8.66. The van der Waals surface area contributed by atoms with Crippen LogP contribution in [0.5, 0.6) is 0 Å². The van der Waals surface area contributed by atoms with E-state index in [1.54, 1.807) is 0 Å². The Kier molecular flexibility index (Phi) is 12.4. The Morgan fingerprint density at radius 1 is 0.316 bits per heavy atom. The lowest BCUT2D eigenvalue weighted by atomic mass is 9.91. The zero-order chi connectivity index (χ0) is 52.2. The number of hydrogen-bond donors (Lipinski definition) is 0. The van der Waals surface area contributed by atoms with Gasteiger partial charge in [0.2, 0.25) is 0 Å². The summed E-state index contributed by atoms with van der Waals surface area (Å²) < 4.78 is 2.43. The highest BCUT2D eigenvalue weighted by atomic mass is 15.1. The molecule has 9 aromatic carbocycles. The molecular weight excluding hydrogens is 921 g/mol. The van der Waals surface area contributed by atoms with Gasteiger partial charge in [-0.1, -0.05) is 133 Å². The van der Waals surface area contributed by atoms with E-state index in [0.29, 0.717) is 0 Å². The first-order valence-electron chi connectivity index (χ1n) is 26.4. The first kappa shape index (κ1) is 47.9. The summed E-state index contributed by atoms with van der Waals surface area (Å²) in [5.41, 5.74) is 29.4. The average Bonchev–Trinajstić information content (AvgIpc) is 3.77. The number of para-hydroxylation sites is 2. The number of aromatic nitrogens is 3. The second-order valence-corrected chi connectivity index (χ2v) is 20.7. The lowest BCUT2D eigenvalue weighted by Crippen LogP contribution is -2.14. The second-order valence-electron chi connectivity index (χ2n) is 20.7. The molecule has 12 rings (SSSR count). The summed E-state index contributed by atoms with van der Waals surface area (Å²) in [6.45, 7) is 17.8. The van der Waals surface area contributed by atoms with Crippen molar-refractivity contribution in [1.29, 1.82) is 0 Å². The molecule has 3 heterocycles. The minimum atomic E-state index is 0.913. The van der Waals surface area contributed by atoms with Crippen molar-refractivity contribution in [3.63, 3.8) is 0 Å². The summed E-state index contributed by atoms with van der Waals surface area (Å²) in [4.78, 5) is 13.0. The predicted octanol–water partition coefficient (Wildman–Crippen LogP) is 19.5. The highest BCUT2D eigenvalue weighted by Crippen LogP contribution is 2.47. The number of hydrogen-bond acceptors (Lipinski definition) is 3. The Balaban J connectivity index is 1.17. The number of pyridine rings is 2. The van der Waals surface area contributed by atoms with Gasteiger partial charge in [-0.05, 0) is 217 Å². The number of rotatable bonds is 10. The van der Waals surface area contributed by atoms with Gasteiger partial charge in [-0.2, -0.15) is 0 Å². The lowest BCUT2D eigenvalue weighted by molar-refractivity contribution is 1.14. The Morgan fingerprint density at radius 2 is 0.697 bits per heavy atom. The van der Waals surface area contributed by atoms with Crippen LogP contribution in [0.25, 0.3) is 94.5 Å². The molecule has 0 saturated carbocycles. The lowest BCUT2D eigenvalue weighted by Gasteiger charge is -2.31. The molecule has 0 spiro atoms. The molecular formula is C72H60N4. The van der Waals surface area contributed by atoms with Crippen molar-refractivity contribution in [2.24, 2.45) is 0 Å². The maximum atomic E-state index is 5.22. The second kappa shape index (κ2) is 19.6. The molecule has 0 radical (unpaired) electrons. The van der Waals surface area contributed by atoms with Crippen LogP contribution in [0.4, 0.5) is 17.1 Å². The van der Waals surface area contributed by atoms with Crippen LogP contribution in [-0.2, 0) is 0 Å². The van der Waals surface area contributed by atoms with Crippen molar-refractivity contribution in [3.05, 3.63) is 263 Å². The van der Waals surface area contributed by atoms with Crippen molar-refractivity contribution in [3.8, 4) is 72.7 Å². The molecule has 3 aromatic heterocycles. The fourth-order valence-corrected chi connectivity index (χ4v) is 11.8. The van der Waals surface area contributed by atoms with Crippen molar-refractivity contribution >= 4 is 38.9 Å². The standard InChI is InChI=1S/C72H60N4/c1-45-21-19-22-46(2)70(45)57-35-55(66-41-64(51(7)43-73-66)53-25-11-9-12-26-53)37-60(39-57)75(72-49(5)33-59(34-50(72)6)76-68-31-17-15-29-62(68)63-30-16-18-32-69(63)76)61-38-56(36-58(40-61)71-47(3)23-20-24-48(71)4)67-42-65(52(8)44-74-67)54-27-13-10-14-28-54/h9-44H,1-8H3. The van der Waals surface area contributed by atoms with E-state index < -0.39 is 0 Å². The molecule has 0 unspecified atom stereocenters. The summed E-state index contributed by atoms with van der Waals surface area (Å²) in [7, 11) is 0. The van der Waals surface area contributed by atoms with Crippen LogP contribution < -0.4 is 4.90 Å². The molecule has 0 amide bonds. The van der Waals surface area contributed by atoms with Crippen molar-refractivity contribution < 1.29 is 0 Å². The molecule has 0 aliphatic carbocycles. The summed E-state index contributed by atoms with van der Waals surface area (Å²) in [6.07, 6.45) is 4.06. The largest absolute Gasteiger partial charge is 0.310 e. The summed E-state index contributed by atoms with van der Waals surface area (Å²) in [6, 6.07) is 75.6. The normalized spacial score (nSPS) is 11.4. The molecule has 4 nitrogen and oxygen atoms in total. The van der Waals surface area contributed by atoms with Gasteiger partial charge in [0, 0.05) is 51.4 Å². The van der Waals surface area contributed by atoms with E-state index in [2.05, 4.69) is 271 Å². The number of nitrogens with zero attached hydrogens (tertiary/aromatic N) is 4. The van der Waals surface area contributed by atoms with E-state index in [4.69, 9.17) is 9.97 Å². The average molecular weight is 981 g/mol. The van der Waals surface area contributed by atoms with E-state index in [0.717, 1.165) is 78.6 Å². The van der Waals surface area contributed by atoms with E-state index in [-0.39, 0.29) is 0 Å². The predicted molar refractivity (Wildman–Crippen MR) is 322 cm³/mol. The SMILES string of the molecule is Cc1cnc(-c2cc(-c3c(C)cccc3C)cc(N(c3cc(-c4cc(-c5ccccc5)c(C)cn4)cc(-c4c(C)cccc4C)c3)c3c(C)cc(-n4c5ccccc5c5ccccc54)cc3C)c2)cc1-c1ccccc1. The van der Waals surface area contributed by atoms with Crippen molar-refractivity contribution in [2.45, 2.75) is 55.4 Å². The van der Waals surface area contributed by atoms with Crippen molar-refractivity contribution in [2.75, 3.05) is 4.90 Å². The van der Waals surface area contributed by atoms with Crippen LogP contribution in [0.2, 0.25) is 0 Å². The van der Waals surface area contributed by atoms with E-state index in [1.807, 2.05) is 12.4 Å². The van der Waals surface area contributed by atoms with Crippen LogP contribution in [0.1, 0.15) is 44.5 Å². The number of aryl methyl sites for hydroxylation is 8. The number of anilines is 3. The topological polar surface area (TPSA) is 34.0 Å². The van der Waals surface area contributed by atoms with Crippen molar-refractivity contribution in [1.82, 2.24) is 14.5 Å². The van der Waals surface area contributed by atoms with Gasteiger partial charge in [0.15, 0.2) is 0 Å². The fraction of sp³-hybridized carbons (Fsp3) is 0.111.